The number of hydrogen-bond donors (Lipinski definition) is 2. The van der Waals surface area contributed by atoms with E-state index < -0.39 is 16.1 Å². The molecule has 0 aliphatic rings. The maximum absolute atomic E-state index is 13.6. The predicted molar refractivity (Wildman–Crippen MR) is 122 cm³/mol. The van der Waals surface area contributed by atoms with Gasteiger partial charge in [0.1, 0.15) is 17.7 Å². The van der Waals surface area contributed by atoms with Crippen LogP contribution >= 0.6 is 0 Å². The van der Waals surface area contributed by atoms with Crippen LogP contribution in [-0.2, 0) is 10.0 Å². The Balaban J connectivity index is 1.74. The van der Waals surface area contributed by atoms with E-state index in [2.05, 4.69) is 9.97 Å². The molecule has 2 heterocycles. The van der Waals surface area contributed by atoms with Crippen molar-refractivity contribution in [3.8, 4) is 5.75 Å². The number of benzene rings is 3. The van der Waals surface area contributed by atoms with Crippen molar-refractivity contribution in [3.05, 3.63) is 89.9 Å². The van der Waals surface area contributed by atoms with Gasteiger partial charge in [-0.15, -0.1) is 0 Å². The van der Waals surface area contributed by atoms with Crippen LogP contribution in [0.4, 0.5) is 0 Å². The van der Waals surface area contributed by atoms with Crippen LogP contribution in [0, 0.1) is 6.92 Å². The minimum atomic E-state index is -3.97. The SMILES string of the molecule is COc1ccc2c(c1)cc(C(O)c1ccc3nc(C)[nH]c3c1)n2S(=O)(=O)c1ccccc1. The number of aryl methyl sites for hydroxylation is 1. The van der Waals surface area contributed by atoms with E-state index in [0.29, 0.717) is 22.2 Å². The Morgan fingerprint density at radius 1 is 1.03 bits per heavy atom. The fourth-order valence-electron chi connectivity index (χ4n) is 3.97. The third kappa shape index (κ3) is 3.24. The normalized spacial score (nSPS) is 13.0. The molecule has 0 fully saturated rings. The lowest BCUT2D eigenvalue weighted by Gasteiger charge is -2.16. The van der Waals surface area contributed by atoms with E-state index >= 15 is 0 Å². The molecule has 0 aliphatic heterocycles. The predicted octanol–water partition coefficient (Wildman–Crippen LogP) is 4.15. The van der Waals surface area contributed by atoms with Gasteiger partial charge in [-0.3, -0.25) is 0 Å². The summed E-state index contributed by atoms with van der Waals surface area (Å²) in [5.74, 6) is 1.36. The van der Waals surface area contributed by atoms with Gasteiger partial charge in [0.15, 0.2) is 0 Å². The molecule has 0 radical (unpaired) electrons. The Labute approximate surface area is 185 Å². The van der Waals surface area contributed by atoms with Crippen molar-refractivity contribution in [3.63, 3.8) is 0 Å². The molecule has 0 aliphatic carbocycles. The maximum atomic E-state index is 13.6. The van der Waals surface area contributed by atoms with Crippen molar-refractivity contribution in [1.29, 1.82) is 0 Å². The molecule has 5 aromatic rings. The first-order valence-corrected chi connectivity index (χ1v) is 11.5. The van der Waals surface area contributed by atoms with Gasteiger partial charge in [-0.05, 0) is 61.0 Å². The Morgan fingerprint density at radius 2 is 1.81 bits per heavy atom. The van der Waals surface area contributed by atoms with Gasteiger partial charge in [0.05, 0.1) is 34.2 Å². The van der Waals surface area contributed by atoms with E-state index in [0.717, 1.165) is 16.9 Å². The summed E-state index contributed by atoms with van der Waals surface area (Å²) in [6, 6.07) is 20.4. The van der Waals surface area contributed by atoms with Gasteiger partial charge in [0.25, 0.3) is 10.0 Å². The van der Waals surface area contributed by atoms with Crippen molar-refractivity contribution >= 4 is 32.0 Å². The van der Waals surface area contributed by atoms with Crippen molar-refractivity contribution in [2.24, 2.45) is 0 Å². The van der Waals surface area contributed by atoms with Gasteiger partial charge in [-0.2, -0.15) is 0 Å². The van der Waals surface area contributed by atoms with E-state index in [4.69, 9.17) is 4.74 Å². The molecule has 5 rings (SSSR count). The summed E-state index contributed by atoms with van der Waals surface area (Å²) in [6.45, 7) is 1.85. The molecule has 1 unspecified atom stereocenters. The van der Waals surface area contributed by atoms with E-state index in [1.807, 2.05) is 6.92 Å². The molecule has 0 saturated carbocycles. The van der Waals surface area contributed by atoms with E-state index in [1.165, 1.54) is 3.97 Å². The molecule has 3 aromatic carbocycles. The van der Waals surface area contributed by atoms with Gasteiger partial charge in [0.2, 0.25) is 0 Å². The highest BCUT2D eigenvalue weighted by atomic mass is 32.2. The van der Waals surface area contributed by atoms with Crippen molar-refractivity contribution in [2.75, 3.05) is 7.11 Å². The van der Waals surface area contributed by atoms with Crippen molar-refractivity contribution in [2.45, 2.75) is 17.9 Å². The second kappa shape index (κ2) is 7.51. The summed E-state index contributed by atoms with van der Waals surface area (Å²) in [5, 5.41) is 12.0. The Morgan fingerprint density at radius 3 is 2.56 bits per heavy atom. The number of nitrogens with one attached hydrogen (secondary N) is 1. The molecule has 0 saturated heterocycles. The van der Waals surface area contributed by atoms with Gasteiger partial charge in [-0.1, -0.05) is 24.3 Å². The fraction of sp³-hybridized carbons (Fsp3) is 0.125. The first-order valence-electron chi connectivity index (χ1n) is 10.0. The molecule has 32 heavy (non-hydrogen) atoms. The second-order valence-corrected chi connectivity index (χ2v) is 9.36. The van der Waals surface area contributed by atoms with E-state index in [9.17, 15) is 13.5 Å². The first kappa shape index (κ1) is 20.3. The molecule has 8 heteroatoms. The molecular formula is C24H21N3O4S. The number of nitrogens with zero attached hydrogens (tertiary/aromatic N) is 2. The van der Waals surface area contributed by atoms with Gasteiger partial charge < -0.3 is 14.8 Å². The lowest BCUT2D eigenvalue weighted by Crippen LogP contribution is -2.18. The molecule has 2 aromatic heterocycles. The molecule has 0 spiro atoms. The van der Waals surface area contributed by atoms with E-state index in [-0.39, 0.29) is 10.6 Å². The largest absolute Gasteiger partial charge is 0.497 e. The topological polar surface area (TPSA) is 97.2 Å². The molecule has 162 valence electrons. The minimum absolute atomic E-state index is 0.140. The van der Waals surface area contributed by atoms with E-state index in [1.54, 1.807) is 79.9 Å². The zero-order chi connectivity index (χ0) is 22.5. The summed E-state index contributed by atoms with van der Waals surface area (Å²) in [5.41, 5.74) is 2.81. The number of fused-ring (bicyclic) bond motifs is 2. The van der Waals surface area contributed by atoms with Crippen LogP contribution in [-0.4, -0.2) is 34.6 Å². The summed E-state index contributed by atoms with van der Waals surface area (Å²) in [6.07, 6.45) is -1.18. The second-order valence-electron chi connectivity index (χ2n) is 7.58. The van der Waals surface area contributed by atoms with Crippen LogP contribution in [0.15, 0.2) is 77.7 Å². The van der Waals surface area contributed by atoms with Crippen LogP contribution in [0.3, 0.4) is 0 Å². The molecule has 0 bridgehead atoms. The summed E-state index contributed by atoms with van der Waals surface area (Å²) >= 11 is 0. The van der Waals surface area contributed by atoms with Crippen LogP contribution in [0.25, 0.3) is 21.9 Å². The van der Waals surface area contributed by atoms with Crippen LogP contribution in [0.5, 0.6) is 5.75 Å². The van der Waals surface area contributed by atoms with Gasteiger partial charge >= 0.3 is 0 Å². The fourth-order valence-corrected chi connectivity index (χ4v) is 5.54. The first-order chi connectivity index (χ1) is 15.4. The number of methoxy groups -OCH3 is 1. The lowest BCUT2D eigenvalue weighted by atomic mass is 10.1. The molecule has 0 amide bonds. The molecule has 2 N–H and O–H groups in total. The Kier molecular flexibility index (Phi) is 4.76. The summed E-state index contributed by atoms with van der Waals surface area (Å²) in [4.78, 5) is 7.68. The van der Waals surface area contributed by atoms with Crippen LogP contribution in [0.1, 0.15) is 23.2 Å². The molecule has 7 nitrogen and oxygen atoms in total. The lowest BCUT2D eigenvalue weighted by molar-refractivity contribution is 0.215. The van der Waals surface area contributed by atoms with Crippen molar-refractivity contribution in [1.82, 2.24) is 13.9 Å². The zero-order valence-electron chi connectivity index (χ0n) is 17.5. The number of rotatable bonds is 5. The highest BCUT2D eigenvalue weighted by molar-refractivity contribution is 7.90. The van der Waals surface area contributed by atoms with Gasteiger partial charge in [0, 0.05) is 5.39 Å². The number of aliphatic hydroxyl groups is 1. The summed E-state index contributed by atoms with van der Waals surface area (Å²) in [7, 11) is -2.42. The number of aliphatic hydroxyl groups excluding tert-OH is 1. The highest BCUT2D eigenvalue weighted by Crippen LogP contribution is 2.34. The standard InChI is InChI=1S/C24H21N3O4S/c1-15-25-20-10-8-16(13-21(20)26-15)24(28)23-14-17-12-18(31-2)9-11-22(17)27(23)32(29,30)19-6-4-3-5-7-19/h3-14,24,28H,1-2H3,(H,25,26). The number of H-pyrrole nitrogens is 1. The number of aromatic amines is 1. The minimum Gasteiger partial charge on any atom is -0.497 e. The third-order valence-corrected chi connectivity index (χ3v) is 7.25. The monoisotopic (exact) mass is 447 g/mol. The number of hydrogen-bond acceptors (Lipinski definition) is 5. The Hall–Kier alpha value is -3.62. The average Bonchev–Trinajstić information content (AvgIpc) is 3.37. The Bertz CT molecular complexity index is 1550. The molecular weight excluding hydrogens is 426 g/mol. The number of ether oxygens (including phenoxy) is 1. The zero-order valence-corrected chi connectivity index (χ0v) is 18.3. The summed E-state index contributed by atoms with van der Waals surface area (Å²) < 4.78 is 33.8. The number of aromatic nitrogens is 3. The maximum Gasteiger partial charge on any atom is 0.268 e. The molecule has 1 atom stereocenters. The van der Waals surface area contributed by atoms with Crippen molar-refractivity contribution < 1.29 is 18.3 Å². The smallest absolute Gasteiger partial charge is 0.268 e. The third-order valence-electron chi connectivity index (χ3n) is 5.49. The van der Waals surface area contributed by atoms with Crippen LogP contribution < -0.4 is 4.74 Å². The number of imidazole rings is 1. The van der Waals surface area contributed by atoms with Crippen LogP contribution in [0.2, 0.25) is 0 Å². The van der Waals surface area contributed by atoms with Gasteiger partial charge in [-0.25, -0.2) is 17.4 Å². The average molecular weight is 448 g/mol. The quantitative estimate of drug-likeness (QED) is 0.422. The highest BCUT2D eigenvalue weighted by Gasteiger charge is 2.27.